The lowest BCUT2D eigenvalue weighted by Gasteiger charge is -2.41. The molecule has 0 radical (unpaired) electrons. The zero-order valence-electron chi connectivity index (χ0n) is 11.3. The Bertz CT molecular complexity index is 421. The fourth-order valence-corrected chi connectivity index (χ4v) is 2.85. The second-order valence-corrected chi connectivity index (χ2v) is 5.30. The summed E-state index contributed by atoms with van der Waals surface area (Å²) in [4.78, 5) is 0. The second-order valence-electron chi connectivity index (χ2n) is 5.30. The summed E-state index contributed by atoms with van der Waals surface area (Å²) in [6.07, 6.45) is 2.96. The van der Waals surface area contributed by atoms with Gasteiger partial charge in [-0.25, -0.2) is 0 Å². The van der Waals surface area contributed by atoms with E-state index in [0.717, 1.165) is 25.0 Å². The smallest absolute Gasteiger partial charge is 0.127 e. The fraction of sp³-hybridized carbons (Fsp3) is 0.600. The Morgan fingerprint density at radius 1 is 1.29 bits per heavy atom. The Kier molecular flexibility index (Phi) is 3.17. The van der Waals surface area contributed by atoms with Gasteiger partial charge >= 0.3 is 0 Å². The summed E-state index contributed by atoms with van der Waals surface area (Å²) in [5, 5.41) is 0. The summed E-state index contributed by atoms with van der Waals surface area (Å²) in [7, 11) is 0. The molecule has 0 spiro atoms. The molecule has 1 atom stereocenters. The minimum Gasteiger partial charge on any atom is -0.487 e. The molecule has 17 heavy (non-hydrogen) atoms. The van der Waals surface area contributed by atoms with Crippen LogP contribution < -0.4 is 10.5 Å². The quantitative estimate of drug-likeness (QED) is 0.846. The van der Waals surface area contributed by atoms with Crippen molar-refractivity contribution in [2.45, 2.75) is 58.6 Å². The SMILES string of the molecule is CCC1(CC)CC(N)c2cc(C)cc(C)c2O1. The molecule has 2 rings (SSSR count). The summed E-state index contributed by atoms with van der Waals surface area (Å²) in [5.41, 5.74) is 9.92. The Hall–Kier alpha value is -1.02. The van der Waals surface area contributed by atoms with Crippen LogP contribution in [0, 0.1) is 13.8 Å². The van der Waals surface area contributed by atoms with Crippen LogP contribution in [-0.4, -0.2) is 5.60 Å². The first-order valence-corrected chi connectivity index (χ1v) is 6.57. The number of ether oxygens (including phenoxy) is 1. The maximum Gasteiger partial charge on any atom is 0.127 e. The molecular formula is C15H23NO. The lowest BCUT2D eigenvalue weighted by molar-refractivity contribution is 0.0274. The molecule has 0 saturated heterocycles. The molecule has 1 unspecified atom stereocenters. The van der Waals surface area contributed by atoms with Gasteiger partial charge in [-0.15, -0.1) is 0 Å². The van der Waals surface area contributed by atoms with Crippen molar-refractivity contribution in [1.82, 2.24) is 0 Å². The van der Waals surface area contributed by atoms with E-state index >= 15 is 0 Å². The Morgan fingerprint density at radius 3 is 2.53 bits per heavy atom. The second kappa shape index (κ2) is 4.34. The molecule has 0 saturated carbocycles. The van der Waals surface area contributed by atoms with Gasteiger partial charge in [-0.05, 0) is 32.3 Å². The molecule has 2 heteroatoms. The van der Waals surface area contributed by atoms with E-state index in [1.165, 1.54) is 16.7 Å². The third-order valence-electron chi connectivity index (χ3n) is 4.05. The Labute approximate surface area is 104 Å². The monoisotopic (exact) mass is 233 g/mol. The number of aryl methyl sites for hydroxylation is 2. The van der Waals surface area contributed by atoms with Crippen LogP contribution in [-0.2, 0) is 0 Å². The van der Waals surface area contributed by atoms with Crippen molar-refractivity contribution in [2.24, 2.45) is 5.73 Å². The number of fused-ring (bicyclic) bond motifs is 1. The lowest BCUT2D eigenvalue weighted by atomic mass is 9.83. The van der Waals surface area contributed by atoms with E-state index in [4.69, 9.17) is 10.5 Å². The highest BCUT2D eigenvalue weighted by atomic mass is 16.5. The van der Waals surface area contributed by atoms with Crippen molar-refractivity contribution >= 4 is 0 Å². The van der Waals surface area contributed by atoms with E-state index in [1.807, 2.05) is 0 Å². The number of benzene rings is 1. The van der Waals surface area contributed by atoms with Gasteiger partial charge in [0.1, 0.15) is 11.4 Å². The molecule has 0 aromatic heterocycles. The summed E-state index contributed by atoms with van der Waals surface area (Å²) in [6, 6.07) is 4.45. The highest BCUT2D eigenvalue weighted by Crippen LogP contribution is 2.43. The highest BCUT2D eigenvalue weighted by Gasteiger charge is 2.37. The van der Waals surface area contributed by atoms with Gasteiger partial charge in [0.15, 0.2) is 0 Å². The maximum absolute atomic E-state index is 6.33. The molecule has 0 fully saturated rings. The first-order chi connectivity index (χ1) is 8.01. The molecular weight excluding hydrogens is 210 g/mol. The number of nitrogens with two attached hydrogens (primary N) is 1. The standard InChI is InChI=1S/C15H23NO/c1-5-15(6-2)9-13(16)12-8-10(3)7-11(4)14(12)17-15/h7-8,13H,5-6,9,16H2,1-4H3. The Balaban J connectivity index is 2.49. The molecule has 2 N–H and O–H groups in total. The molecule has 1 aromatic carbocycles. The summed E-state index contributed by atoms with van der Waals surface area (Å²) in [5.74, 6) is 1.03. The summed E-state index contributed by atoms with van der Waals surface area (Å²) >= 11 is 0. The van der Waals surface area contributed by atoms with E-state index in [-0.39, 0.29) is 11.6 Å². The maximum atomic E-state index is 6.33. The van der Waals surface area contributed by atoms with Crippen LogP contribution in [0.1, 0.15) is 55.8 Å². The van der Waals surface area contributed by atoms with Gasteiger partial charge in [0, 0.05) is 18.0 Å². The number of hydrogen-bond donors (Lipinski definition) is 1. The van der Waals surface area contributed by atoms with Gasteiger partial charge in [0.2, 0.25) is 0 Å². The minimum atomic E-state index is -0.0631. The van der Waals surface area contributed by atoms with Crippen LogP contribution in [0.5, 0.6) is 5.75 Å². The topological polar surface area (TPSA) is 35.2 Å². The van der Waals surface area contributed by atoms with Crippen LogP contribution in [0.15, 0.2) is 12.1 Å². The molecule has 1 heterocycles. The molecule has 94 valence electrons. The lowest BCUT2D eigenvalue weighted by Crippen LogP contribution is -2.42. The third kappa shape index (κ3) is 2.06. The summed E-state index contributed by atoms with van der Waals surface area (Å²) < 4.78 is 6.29. The van der Waals surface area contributed by atoms with Crippen molar-refractivity contribution in [3.63, 3.8) is 0 Å². The minimum absolute atomic E-state index is 0.0631. The van der Waals surface area contributed by atoms with Crippen molar-refractivity contribution in [1.29, 1.82) is 0 Å². The van der Waals surface area contributed by atoms with Gasteiger partial charge in [0.05, 0.1) is 0 Å². The normalized spacial score (nSPS) is 21.8. The van der Waals surface area contributed by atoms with Crippen molar-refractivity contribution in [3.05, 3.63) is 28.8 Å². The molecule has 0 bridgehead atoms. The molecule has 1 aliphatic heterocycles. The average molecular weight is 233 g/mol. The van der Waals surface area contributed by atoms with Gasteiger partial charge in [-0.1, -0.05) is 31.5 Å². The predicted molar refractivity (Wildman–Crippen MR) is 71.4 cm³/mol. The van der Waals surface area contributed by atoms with E-state index in [0.29, 0.717) is 0 Å². The number of hydrogen-bond acceptors (Lipinski definition) is 2. The van der Waals surface area contributed by atoms with E-state index in [1.54, 1.807) is 0 Å². The molecule has 0 aliphatic carbocycles. The fourth-order valence-electron chi connectivity index (χ4n) is 2.85. The zero-order valence-corrected chi connectivity index (χ0v) is 11.3. The van der Waals surface area contributed by atoms with Crippen LogP contribution in [0.2, 0.25) is 0 Å². The molecule has 0 amide bonds. The van der Waals surface area contributed by atoms with Gasteiger partial charge in [-0.3, -0.25) is 0 Å². The number of rotatable bonds is 2. The van der Waals surface area contributed by atoms with E-state index < -0.39 is 0 Å². The Morgan fingerprint density at radius 2 is 1.94 bits per heavy atom. The van der Waals surface area contributed by atoms with Gasteiger partial charge in [-0.2, -0.15) is 0 Å². The first kappa shape index (κ1) is 12.4. The molecule has 2 nitrogen and oxygen atoms in total. The molecule has 1 aromatic rings. The zero-order chi connectivity index (χ0) is 12.6. The van der Waals surface area contributed by atoms with Gasteiger partial charge < -0.3 is 10.5 Å². The average Bonchev–Trinajstić information content (AvgIpc) is 2.30. The highest BCUT2D eigenvalue weighted by molar-refractivity contribution is 5.47. The van der Waals surface area contributed by atoms with Crippen LogP contribution >= 0.6 is 0 Å². The van der Waals surface area contributed by atoms with Crippen LogP contribution in [0.25, 0.3) is 0 Å². The van der Waals surface area contributed by atoms with Crippen molar-refractivity contribution in [3.8, 4) is 5.75 Å². The van der Waals surface area contributed by atoms with Crippen molar-refractivity contribution in [2.75, 3.05) is 0 Å². The molecule has 1 aliphatic rings. The van der Waals surface area contributed by atoms with Crippen LogP contribution in [0.4, 0.5) is 0 Å². The first-order valence-electron chi connectivity index (χ1n) is 6.57. The van der Waals surface area contributed by atoms with E-state index in [2.05, 4.69) is 39.8 Å². The van der Waals surface area contributed by atoms with E-state index in [9.17, 15) is 0 Å². The van der Waals surface area contributed by atoms with Crippen molar-refractivity contribution < 1.29 is 4.74 Å². The summed E-state index contributed by atoms with van der Waals surface area (Å²) in [6.45, 7) is 8.59. The van der Waals surface area contributed by atoms with Gasteiger partial charge in [0.25, 0.3) is 0 Å². The predicted octanol–water partition coefficient (Wildman–Crippen LogP) is 3.64. The van der Waals surface area contributed by atoms with Crippen LogP contribution in [0.3, 0.4) is 0 Å². The largest absolute Gasteiger partial charge is 0.487 e. The third-order valence-corrected chi connectivity index (χ3v) is 4.05.